The lowest BCUT2D eigenvalue weighted by molar-refractivity contribution is -0.142. The number of carbonyl (C=O) groups excluding carboxylic acids is 2. The molecular formula is C15H18N4O4S3. The summed E-state index contributed by atoms with van der Waals surface area (Å²) in [5.74, 6) is 1.31. The molecule has 1 atom stereocenters. The Kier molecular flexibility index (Phi) is 7.88. The maximum absolute atomic E-state index is 12.0. The summed E-state index contributed by atoms with van der Waals surface area (Å²) in [7, 11) is 2.89. The average molecular weight is 415 g/mol. The molecule has 0 aliphatic heterocycles. The summed E-state index contributed by atoms with van der Waals surface area (Å²) in [6.07, 6.45) is 0. The van der Waals surface area contributed by atoms with E-state index in [-0.39, 0.29) is 0 Å². The third kappa shape index (κ3) is 6.32. The number of aromatic nitrogens is 2. The standard InChI is InChI=1S/C15H18N4O4S3/c1-22-10-5-3-9(4-6-10)7-25-8-11(12(20)23-2)16-13(21)17-14-18-19-15(24)26-14/h3-6,11H,7-8H2,1-2H3,(H,19,24)(H2,16,17,18,21)/t11-/m0/s1. The number of hydrogen-bond acceptors (Lipinski definition) is 8. The van der Waals surface area contributed by atoms with Crippen LogP contribution in [0, 0.1) is 3.95 Å². The Hall–Kier alpha value is -2.11. The van der Waals surface area contributed by atoms with Gasteiger partial charge in [0.2, 0.25) is 5.13 Å². The van der Waals surface area contributed by atoms with Crippen molar-refractivity contribution in [3.05, 3.63) is 33.8 Å². The minimum atomic E-state index is -0.782. The lowest BCUT2D eigenvalue weighted by atomic mass is 10.2. The molecule has 2 aromatic rings. The molecule has 140 valence electrons. The van der Waals surface area contributed by atoms with E-state index in [2.05, 4.69) is 20.8 Å². The lowest BCUT2D eigenvalue weighted by Crippen LogP contribution is -2.45. The van der Waals surface area contributed by atoms with Crippen LogP contribution in [-0.2, 0) is 15.3 Å². The van der Waals surface area contributed by atoms with Crippen molar-refractivity contribution in [1.82, 2.24) is 15.5 Å². The normalized spacial score (nSPS) is 11.5. The van der Waals surface area contributed by atoms with Crippen molar-refractivity contribution in [1.29, 1.82) is 0 Å². The number of aromatic amines is 1. The molecule has 0 saturated heterocycles. The molecule has 0 radical (unpaired) electrons. The summed E-state index contributed by atoms with van der Waals surface area (Å²) in [4.78, 5) is 23.9. The second-order valence-corrected chi connectivity index (χ2v) is 7.65. The van der Waals surface area contributed by atoms with Gasteiger partial charge in [-0.2, -0.15) is 11.8 Å². The number of esters is 1. The van der Waals surface area contributed by atoms with E-state index in [0.29, 0.717) is 20.6 Å². The Morgan fingerprint density at radius 1 is 1.35 bits per heavy atom. The fraction of sp³-hybridized carbons (Fsp3) is 0.333. The van der Waals surface area contributed by atoms with Crippen LogP contribution in [0.5, 0.6) is 5.75 Å². The molecule has 0 fully saturated rings. The number of hydrogen-bond donors (Lipinski definition) is 3. The molecule has 1 aromatic heterocycles. The van der Waals surface area contributed by atoms with Crippen LogP contribution in [0.15, 0.2) is 24.3 Å². The number of anilines is 1. The molecule has 2 amide bonds. The predicted molar refractivity (Wildman–Crippen MR) is 104 cm³/mol. The van der Waals surface area contributed by atoms with Crippen LogP contribution < -0.4 is 15.4 Å². The Balaban J connectivity index is 1.86. The average Bonchev–Trinajstić information content (AvgIpc) is 3.05. The highest BCUT2D eigenvalue weighted by Crippen LogP contribution is 2.17. The summed E-state index contributed by atoms with van der Waals surface area (Å²) < 4.78 is 10.3. The topological polar surface area (TPSA) is 105 Å². The van der Waals surface area contributed by atoms with Gasteiger partial charge in [-0.3, -0.25) is 10.4 Å². The van der Waals surface area contributed by atoms with Crippen molar-refractivity contribution < 1.29 is 19.1 Å². The van der Waals surface area contributed by atoms with Gasteiger partial charge >= 0.3 is 12.0 Å². The number of methoxy groups -OCH3 is 2. The number of carbonyl (C=O) groups is 2. The van der Waals surface area contributed by atoms with Gasteiger partial charge in [0.15, 0.2) is 3.95 Å². The predicted octanol–water partition coefficient (Wildman–Crippen LogP) is 2.81. The van der Waals surface area contributed by atoms with E-state index < -0.39 is 18.0 Å². The summed E-state index contributed by atoms with van der Waals surface area (Å²) >= 11 is 7.52. The number of H-pyrrole nitrogens is 1. The first-order chi connectivity index (χ1) is 12.5. The summed E-state index contributed by atoms with van der Waals surface area (Å²) in [6.45, 7) is 0. The molecule has 0 aliphatic carbocycles. The number of thioether (sulfide) groups is 1. The summed E-state index contributed by atoms with van der Waals surface area (Å²) in [5, 5.41) is 11.8. The number of urea groups is 1. The van der Waals surface area contributed by atoms with Crippen molar-refractivity contribution >= 4 is 52.4 Å². The summed E-state index contributed by atoms with van der Waals surface area (Å²) in [6, 6.07) is 6.31. The van der Waals surface area contributed by atoms with Crippen molar-refractivity contribution in [2.45, 2.75) is 11.8 Å². The van der Waals surface area contributed by atoms with Crippen molar-refractivity contribution in [2.75, 3.05) is 25.3 Å². The number of ether oxygens (including phenoxy) is 2. The van der Waals surface area contributed by atoms with Crippen molar-refractivity contribution in [2.24, 2.45) is 0 Å². The smallest absolute Gasteiger partial charge is 0.329 e. The van der Waals surface area contributed by atoms with Crippen molar-refractivity contribution in [3.8, 4) is 5.75 Å². The van der Waals surface area contributed by atoms with Crippen LogP contribution in [0.2, 0.25) is 0 Å². The Morgan fingerprint density at radius 2 is 2.08 bits per heavy atom. The molecule has 0 spiro atoms. The minimum absolute atomic E-state index is 0.321. The van der Waals surface area contributed by atoms with Gasteiger partial charge in [0, 0.05) is 11.5 Å². The quantitative estimate of drug-likeness (QED) is 0.450. The molecule has 1 heterocycles. The summed E-state index contributed by atoms with van der Waals surface area (Å²) in [5.41, 5.74) is 1.08. The van der Waals surface area contributed by atoms with E-state index in [9.17, 15) is 9.59 Å². The van der Waals surface area contributed by atoms with E-state index in [1.807, 2.05) is 24.3 Å². The van der Waals surface area contributed by atoms with Gasteiger partial charge in [0.05, 0.1) is 14.2 Å². The second kappa shape index (κ2) is 10.1. The van der Waals surface area contributed by atoms with E-state index in [1.165, 1.54) is 18.9 Å². The monoisotopic (exact) mass is 414 g/mol. The number of nitrogens with zero attached hydrogens (tertiary/aromatic N) is 1. The third-order valence-electron chi connectivity index (χ3n) is 3.16. The number of amides is 2. The Labute approximate surface area is 163 Å². The van der Waals surface area contributed by atoms with Gasteiger partial charge in [-0.15, -0.1) is 5.10 Å². The molecule has 3 N–H and O–H groups in total. The van der Waals surface area contributed by atoms with Crippen molar-refractivity contribution in [3.63, 3.8) is 0 Å². The molecule has 0 aliphatic rings. The largest absolute Gasteiger partial charge is 0.497 e. The molecule has 0 saturated carbocycles. The molecule has 26 heavy (non-hydrogen) atoms. The SMILES string of the molecule is COC(=O)[C@H](CSCc1ccc(OC)cc1)NC(=O)Nc1n[nH]c(=S)s1. The van der Waals surface area contributed by atoms with Gasteiger partial charge in [0.25, 0.3) is 0 Å². The van der Waals surface area contributed by atoms with Crippen LogP contribution in [0.4, 0.5) is 9.93 Å². The first kappa shape index (κ1) is 20.2. The zero-order chi connectivity index (χ0) is 18.9. The Bertz CT molecular complexity index is 791. The molecule has 0 unspecified atom stereocenters. The maximum atomic E-state index is 12.0. The first-order valence-electron chi connectivity index (χ1n) is 7.43. The fourth-order valence-electron chi connectivity index (χ4n) is 1.90. The zero-order valence-electron chi connectivity index (χ0n) is 14.1. The Morgan fingerprint density at radius 3 is 2.65 bits per heavy atom. The molecular weight excluding hydrogens is 396 g/mol. The van der Waals surface area contributed by atoms with Crippen LogP contribution in [0.25, 0.3) is 0 Å². The first-order valence-corrected chi connectivity index (χ1v) is 9.81. The molecule has 8 nitrogen and oxygen atoms in total. The third-order valence-corrected chi connectivity index (χ3v) is 5.27. The lowest BCUT2D eigenvalue weighted by Gasteiger charge is -2.16. The van der Waals surface area contributed by atoms with E-state index in [1.54, 1.807) is 7.11 Å². The molecule has 2 rings (SSSR count). The van der Waals surface area contributed by atoms with Gasteiger partial charge in [-0.25, -0.2) is 9.59 Å². The van der Waals surface area contributed by atoms with E-state index >= 15 is 0 Å². The van der Waals surface area contributed by atoms with Crippen LogP contribution >= 0.6 is 35.3 Å². The van der Waals surface area contributed by atoms with Crippen LogP contribution in [-0.4, -0.2) is 48.2 Å². The second-order valence-electron chi connectivity index (χ2n) is 4.96. The van der Waals surface area contributed by atoms with Crippen LogP contribution in [0.1, 0.15) is 5.56 Å². The number of rotatable bonds is 8. The number of benzene rings is 1. The highest BCUT2D eigenvalue weighted by Gasteiger charge is 2.22. The van der Waals surface area contributed by atoms with Gasteiger partial charge < -0.3 is 14.8 Å². The van der Waals surface area contributed by atoms with Gasteiger partial charge in [-0.1, -0.05) is 23.5 Å². The number of nitrogens with one attached hydrogen (secondary N) is 3. The van der Waals surface area contributed by atoms with E-state index in [4.69, 9.17) is 21.7 Å². The molecule has 11 heteroatoms. The van der Waals surface area contributed by atoms with Crippen LogP contribution in [0.3, 0.4) is 0 Å². The minimum Gasteiger partial charge on any atom is -0.497 e. The van der Waals surface area contributed by atoms with Gasteiger partial charge in [-0.05, 0) is 29.9 Å². The highest BCUT2D eigenvalue weighted by molar-refractivity contribution is 7.98. The molecule has 0 bridgehead atoms. The van der Waals surface area contributed by atoms with E-state index in [0.717, 1.165) is 22.6 Å². The molecule has 1 aromatic carbocycles. The maximum Gasteiger partial charge on any atom is 0.329 e. The fourth-order valence-corrected chi connectivity index (χ4v) is 3.69. The highest BCUT2D eigenvalue weighted by atomic mass is 32.2. The zero-order valence-corrected chi connectivity index (χ0v) is 16.6. The van der Waals surface area contributed by atoms with Gasteiger partial charge in [0.1, 0.15) is 11.8 Å².